The highest BCUT2D eigenvalue weighted by Gasteiger charge is 2.09. The van der Waals surface area contributed by atoms with Crippen molar-refractivity contribution in [3.8, 4) is 0 Å². The minimum Gasteiger partial charge on any atom is -0.348 e. The van der Waals surface area contributed by atoms with Crippen molar-refractivity contribution in [2.45, 2.75) is 13.1 Å². The third kappa shape index (κ3) is 5.60. The van der Waals surface area contributed by atoms with E-state index in [0.29, 0.717) is 30.0 Å². The first-order valence-corrected chi connectivity index (χ1v) is 10.2. The number of amides is 3. The van der Waals surface area contributed by atoms with E-state index in [1.165, 1.54) is 0 Å². The van der Waals surface area contributed by atoms with Crippen LogP contribution < -0.4 is 16.0 Å². The molecule has 0 spiro atoms. The van der Waals surface area contributed by atoms with Crippen LogP contribution >= 0.6 is 0 Å². The minimum atomic E-state index is -0.345. The molecule has 0 aliphatic carbocycles. The van der Waals surface area contributed by atoms with Gasteiger partial charge in [-0.2, -0.15) is 0 Å². The minimum absolute atomic E-state index is 0.178. The number of nitrogens with one attached hydrogen (secondary N) is 3. The van der Waals surface area contributed by atoms with Gasteiger partial charge in [-0.15, -0.1) is 0 Å². The second-order valence-corrected chi connectivity index (χ2v) is 7.21. The Morgan fingerprint density at radius 2 is 1.44 bits per heavy atom. The van der Waals surface area contributed by atoms with Crippen molar-refractivity contribution >= 4 is 23.3 Å². The summed E-state index contributed by atoms with van der Waals surface area (Å²) in [7, 11) is 0. The molecule has 7 nitrogen and oxygen atoms in total. The van der Waals surface area contributed by atoms with Crippen LogP contribution in [0.2, 0.25) is 0 Å². The van der Waals surface area contributed by atoms with Gasteiger partial charge in [-0.3, -0.25) is 4.79 Å². The van der Waals surface area contributed by atoms with Crippen LogP contribution in [0.1, 0.15) is 21.5 Å². The monoisotopic (exact) mass is 425 g/mol. The van der Waals surface area contributed by atoms with Crippen molar-refractivity contribution in [3.63, 3.8) is 0 Å². The van der Waals surface area contributed by atoms with E-state index >= 15 is 0 Å². The number of carbonyl (C=O) groups is 2. The highest BCUT2D eigenvalue weighted by atomic mass is 16.2. The van der Waals surface area contributed by atoms with Crippen LogP contribution in [0.3, 0.4) is 0 Å². The SMILES string of the molecule is O=C(Nc1ccccc1)Nc1ccc(C(=O)NCc2ccccc2Cn2ccnc2)cc1. The topological polar surface area (TPSA) is 88.0 Å². The summed E-state index contributed by atoms with van der Waals surface area (Å²) in [6, 6.07) is 23.6. The molecule has 3 aromatic carbocycles. The summed E-state index contributed by atoms with van der Waals surface area (Å²) >= 11 is 0. The second-order valence-electron chi connectivity index (χ2n) is 7.21. The molecule has 0 bridgehead atoms. The fourth-order valence-corrected chi connectivity index (χ4v) is 3.26. The van der Waals surface area contributed by atoms with Gasteiger partial charge in [0.15, 0.2) is 0 Å². The van der Waals surface area contributed by atoms with Crippen molar-refractivity contribution in [3.05, 3.63) is 114 Å². The van der Waals surface area contributed by atoms with Crippen LogP contribution in [0, 0.1) is 0 Å². The maximum absolute atomic E-state index is 12.6. The molecule has 160 valence electrons. The Kier molecular flexibility index (Phi) is 6.57. The van der Waals surface area contributed by atoms with E-state index in [1.807, 2.05) is 53.2 Å². The molecular weight excluding hydrogens is 402 g/mol. The second kappa shape index (κ2) is 10.1. The first-order valence-electron chi connectivity index (χ1n) is 10.2. The molecule has 0 radical (unpaired) electrons. The number of aromatic nitrogens is 2. The van der Waals surface area contributed by atoms with E-state index in [4.69, 9.17) is 0 Å². The highest BCUT2D eigenvalue weighted by molar-refractivity contribution is 6.00. The Balaban J connectivity index is 1.32. The van der Waals surface area contributed by atoms with Crippen molar-refractivity contribution in [2.24, 2.45) is 0 Å². The van der Waals surface area contributed by atoms with E-state index in [2.05, 4.69) is 20.9 Å². The average Bonchev–Trinajstić information content (AvgIpc) is 3.32. The summed E-state index contributed by atoms with van der Waals surface area (Å²) in [6.45, 7) is 1.11. The Morgan fingerprint density at radius 3 is 2.12 bits per heavy atom. The lowest BCUT2D eigenvalue weighted by Crippen LogP contribution is -2.24. The van der Waals surface area contributed by atoms with Gasteiger partial charge in [0.2, 0.25) is 0 Å². The number of anilines is 2. The van der Waals surface area contributed by atoms with Crippen molar-refractivity contribution < 1.29 is 9.59 Å². The predicted molar refractivity (Wildman–Crippen MR) is 124 cm³/mol. The molecule has 7 heteroatoms. The summed E-state index contributed by atoms with van der Waals surface area (Å²) in [5.74, 6) is -0.178. The first-order chi connectivity index (χ1) is 15.7. The van der Waals surface area contributed by atoms with Crippen LogP contribution in [0.25, 0.3) is 0 Å². The number of carbonyl (C=O) groups excluding carboxylic acids is 2. The van der Waals surface area contributed by atoms with Crippen LogP contribution in [-0.2, 0) is 13.1 Å². The zero-order valence-corrected chi connectivity index (χ0v) is 17.4. The maximum Gasteiger partial charge on any atom is 0.323 e. The number of benzene rings is 3. The molecule has 32 heavy (non-hydrogen) atoms. The Morgan fingerprint density at radius 1 is 0.781 bits per heavy atom. The van der Waals surface area contributed by atoms with E-state index in [0.717, 1.165) is 11.1 Å². The smallest absolute Gasteiger partial charge is 0.323 e. The van der Waals surface area contributed by atoms with Crippen LogP contribution in [0.4, 0.5) is 16.2 Å². The molecule has 4 rings (SSSR count). The molecular formula is C25H23N5O2. The summed E-state index contributed by atoms with van der Waals surface area (Å²) in [5, 5.41) is 8.47. The van der Waals surface area contributed by atoms with Crippen molar-refractivity contribution in [1.82, 2.24) is 14.9 Å². The van der Waals surface area contributed by atoms with Gasteiger partial charge in [-0.05, 0) is 47.5 Å². The zero-order valence-electron chi connectivity index (χ0n) is 17.4. The lowest BCUT2D eigenvalue weighted by Gasteiger charge is -2.12. The molecule has 0 saturated carbocycles. The zero-order chi connectivity index (χ0) is 22.2. The largest absolute Gasteiger partial charge is 0.348 e. The summed E-state index contributed by atoms with van der Waals surface area (Å²) in [5.41, 5.74) is 3.99. The lowest BCUT2D eigenvalue weighted by molar-refractivity contribution is 0.0951. The molecule has 3 N–H and O–H groups in total. The third-order valence-electron chi connectivity index (χ3n) is 4.91. The Hall–Kier alpha value is -4.39. The molecule has 3 amide bonds. The standard InChI is InChI=1S/C25H23N5O2/c31-24(27-16-20-6-4-5-7-21(20)17-30-15-14-26-18-30)19-10-12-23(13-11-19)29-25(32)28-22-8-2-1-3-9-22/h1-15,18H,16-17H2,(H,27,31)(H2,28,29,32). The van der Waals surface area contributed by atoms with E-state index in [1.54, 1.807) is 48.9 Å². The lowest BCUT2D eigenvalue weighted by atomic mass is 10.1. The number of hydrogen-bond donors (Lipinski definition) is 3. The first kappa shape index (κ1) is 20.9. The molecule has 0 saturated heterocycles. The predicted octanol–water partition coefficient (Wildman–Crippen LogP) is 4.51. The van der Waals surface area contributed by atoms with E-state index in [9.17, 15) is 9.59 Å². The maximum atomic E-state index is 12.6. The van der Waals surface area contributed by atoms with Gasteiger partial charge in [0.1, 0.15) is 0 Å². The van der Waals surface area contributed by atoms with Gasteiger partial charge < -0.3 is 20.5 Å². The van der Waals surface area contributed by atoms with E-state index < -0.39 is 0 Å². The highest BCUT2D eigenvalue weighted by Crippen LogP contribution is 2.13. The average molecular weight is 425 g/mol. The molecule has 0 fully saturated rings. The molecule has 1 aromatic heterocycles. The van der Waals surface area contributed by atoms with Gasteiger partial charge in [0.25, 0.3) is 5.91 Å². The molecule has 4 aromatic rings. The summed E-state index contributed by atoms with van der Waals surface area (Å²) in [6.07, 6.45) is 5.42. The fraction of sp³-hybridized carbons (Fsp3) is 0.0800. The van der Waals surface area contributed by atoms with Crippen molar-refractivity contribution in [1.29, 1.82) is 0 Å². The fourth-order valence-electron chi connectivity index (χ4n) is 3.26. The van der Waals surface area contributed by atoms with Gasteiger partial charge in [-0.1, -0.05) is 42.5 Å². The molecule has 0 unspecified atom stereocenters. The molecule has 0 aliphatic heterocycles. The molecule has 0 atom stereocenters. The third-order valence-corrected chi connectivity index (χ3v) is 4.91. The Bertz CT molecular complexity index is 1170. The summed E-state index contributed by atoms with van der Waals surface area (Å²) in [4.78, 5) is 28.8. The summed E-state index contributed by atoms with van der Waals surface area (Å²) < 4.78 is 1.99. The van der Waals surface area contributed by atoms with Crippen molar-refractivity contribution in [2.75, 3.05) is 10.6 Å². The molecule has 1 heterocycles. The van der Waals surface area contributed by atoms with E-state index in [-0.39, 0.29) is 11.9 Å². The quantitative estimate of drug-likeness (QED) is 0.407. The van der Waals surface area contributed by atoms with Crippen LogP contribution in [0.15, 0.2) is 97.6 Å². The number of nitrogens with zero attached hydrogens (tertiary/aromatic N) is 2. The number of para-hydroxylation sites is 1. The van der Waals surface area contributed by atoms with Crippen LogP contribution in [-0.4, -0.2) is 21.5 Å². The van der Waals surface area contributed by atoms with Gasteiger partial charge in [-0.25, -0.2) is 9.78 Å². The number of hydrogen-bond acceptors (Lipinski definition) is 3. The number of rotatable bonds is 7. The molecule has 0 aliphatic rings. The van der Waals surface area contributed by atoms with Gasteiger partial charge in [0.05, 0.1) is 6.33 Å². The van der Waals surface area contributed by atoms with Gasteiger partial charge >= 0.3 is 6.03 Å². The Labute approximate surface area is 186 Å². The van der Waals surface area contributed by atoms with Gasteiger partial charge in [0, 0.05) is 42.4 Å². The number of urea groups is 1. The number of imidazole rings is 1. The van der Waals surface area contributed by atoms with Crippen LogP contribution in [0.5, 0.6) is 0 Å². The normalized spacial score (nSPS) is 10.4.